The number of anilines is 1. The second kappa shape index (κ2) is 10.4. The van der Waals surface area contributed by atoms with Gasteiger partial charge in [-0.05, 0) is 50.2 Å². The summed E-state index contributed by atoms with van der Waals surface area (Å²) in [5.41, 5.74) is 1.03. The molecule has 0 aromatic heterocycles. The molecule has 9 heteroatoms. The van der Waals surface area contributed by atoms with Crippen molar-refractivity contribution in [1.82, 2.24) is 9.21 Å². The minimum Gasteiger partial charge on any atom is -0.377 e. The van der Waals surface area contributed by atoms with Crippen LogP contribution in [0.2, 0.25) is 0 Å². The van der Waals surface area contributed by atoms with E-state index < -0.39 is 10.0 Å². The lowest BCUT2D eigenvalue weighted by molar-refractivity contribution is 0.102. The molecule has 7 nitrogen and oxygen atoms in total. The second-order valence-corrected chi connectivity index (χ2v) is 11.1. The van der Waals surface area contributed by atoms with Crippen LogP contribution in [0.5, 0.6) is 0 Å². The molecule has 2 fully saturated rings. The first-order valence-electron chi connectivity index (χ1n) is 10.9. The normalized spacial score (nSPS) is 20.3. The molecule has 0 radical (unpaired) electrons. The summed E-state index contributed by atoms with van der Waals surface area (Å²) in [6.45, 7) is 3.14. The number of rotatable bonds is 7. The lowest BCUT2D eigenvalue weighted by Gasteiger charge is -2.31. The number of amides is 1. The van der Waals surface area contributed by atoms with E-state index in [2.05, 4.69) is 10.2 Å². The number of nitrogens with zero attached hydrogens (tertiary/aromatic N) is 2. The highest BCUT2D eigenvalue weighted by molar-refractivity contribution is 7.99. The number of thioether (sulfide) groups is 1. The highest BCUT2D eigenvalue weighted by atomic mass is 32.2. The van der Waals surface area contributed by atoms with Crippen LogP contribution < -0.4 is 5.32 Å². The van der Waals surface area contributed by atoms with Crippen molar-refractivity contribution in [3.05, 3.63) is 54.1 Å². The maximum absolute atomic E-state index is 13.0. The van der Waals surface area contributed by atoms with Crippen molar-refractivity contribution in [2.45, 2.75) is 28.7 Å². The monoisotopic (exact) mass is 475 g/mol. The zero-order valence-electron chi connectivity index (χ0n) is 18.2. The summed E-state index contributed by atoms with van der Waals surface area (Å²) in [6.07, 6.45) is 2.36. The molecule has 4 rings (SSSR count). The maximum Gasteiger partial charge on any atom is 0.256 e. The molecule has 1 N–H and O–H groups in total. The fourth-order valence-corrected chi connectivity index (χ4v) is 6.44. The minimum absolute atomic E-state index is 0.195. The number of piperazine rings is 1. The molecule has 1 unspecified atom stereocenters. The Balaban J connectivity index is 1.46. The minimum atomic E-state index is -3.60. The van der Waals surface area contributed by atoms with Crippen molar-refractivity contribution in [2.75, 3.05) is 50.9 Å². The van der Waals surface area contributed by atoms with Gasteiger partial charge in [0, 0.05) is 49.1 Å². The number of ether oxygens (including phenoxy) is 1. The van der Waals surface area contributed by atoms with Crippen LogP contribution in [-0.2, 0) is 14.8 Å². The number of nitrogens with one attached hydrogen (secondary N) is 1. The van der Waals surface area contributed by atoms with Crippen LogP contribution in [0.1, 0.15) is 23.2 Å². The van der Waals surface area contributed by atoms with Gasteiger partial charge in [0.2, 0.25) is 10.0 Å². The Morgan fingerprint density at radius 3 is 2.66 bits per heavy atom. The molecule has 2 aromatic rings. The SMILES string of the molecule is CN1CCN(S(=O)(=O)c2cccc(NC(=O)c3ccccc3SCC3CCCO3)c2)CC1. The molecular formula is C23H29N3O4S2. The standard InChI is InChI=1S/C23H29N3O4S2/c1-25-11-13-26(14-12-25)32(28,29)20-8-4-6-18(16-20)24-23(27)21-9-2-3-10-22(21)31-17-19-7-5-15-30-19/h2-4,6,8-10,16,19H,5,7,11-15,17H2,1H3,(H,24,27). The molecule has 2 heterocycles. The quantitative estimate of drug-likeness (QED) is 0.620. The summed E-state index contributed by atoms with van der Waals surface area (Å²) in [4.78, 5) is 16.2. The molecule has 0 saturated carbocycles. The number of hydrogen-bond donors (Lipinski definition) is 1. The third-order valence-corrected chi connectivity index (χ3v) is 8.87. The number of carbonyl (C=O) groups is 1. The first kappa shape index (κ1) is 23.3. The number of likely N-dealkylation sites (N-methyl/N-ethyl adjacent to an activating group) is 1. The van der Waals surface area contributed by atoms with Gasteiger partial charge in [0.1, 0.15) is 0 Å². The molecule has 32 heavy (non-hydrogen) atoms. The fraction of sp³-hybridized carbons (Fsp3) is 0.435. The number of benzene rings is 2. The maximum atomic E-state index is 13.0. The van der Waals surface area contributed by atoms with E-state index in [1.54, 1.807) is 36.0 Å². The molecule has 1 amide bonds. The van der Waals surface area contributed by atoms with Crippen molar-refractivity contribution >= 4 is 33.4 Å². The molecular weight excluding hydrogens is 446 g/mol. The number of sulfonamides is 1. The van der Waals surface area contributed by atoms with Gasteiger partial charge in [0.05, 0.1) is 16.6 Å². The molecule has 0 spiro atoms. The first-order chi connectivity index (χ1) is 15.4. The van der Waals surface area contributed by atoms with Crippen LogP contribution in [0, 0.1) is 0 Å². The van der Waals surface area contributed by atoms with Crippen LogP contribution in [0.4, 0.5) is 5.69 Å². The summed E-state index contributed by atoms with van der Waals surface area (Å²) in [5, 5.41) is 2.87. The fourth-order valence-electron chi connectivity index (χ4n) is 3.85. The molecule has 2 aliphatic heterocycles. The summed E-state index contributed by atoms with van der Waals surface area (Å²) >= 11 is 1.62. The van der Waals surface area contributed by atoms with Gasteiger partial charge < -0.3 is 15.0 Å². The smallest absolute Gasteiger partial charge is 0.256 e. The zero-order valence-corrected chi connectivity index (χ0v) is 19.8. The van der Waals surface area contributed by atoms with Gasteiger partial charge in [0.15, 0.2) is 0 Å². The summed E-state index contributed by atoms with van der Waals surface area (Å²) in [6, 6.07) is 14.0. The Bertz CT molecular complexity index is 1050. The van der Waals surface area contributed by atoms with Crippen LogP contribution in [0.15, 0.2) is 58.3 Å². The van der Waals surface area contributed by atoms with Gasteiger partial charge in [-0.2, -0.15) is 4.31 Å². The first-order valence-corrected chi connectivity index (χ1v) is 13.3. The van der Waals surface area contributed by atoms with Crippen LogP contribution in [-0.4, -0.2) is 75.2 Å². The van der Waals surface area contributed by atoms with Crippen molar-refractivity contribution in [3.8, 4) is 0 Å². The van der Waals surface area contributed by atoms with Gasteiger partial charge in [-0.3, -0.25) is 4.79 Å². The Morgan fingerprint density at radius 2 is 1.91 bits per heavy atom. The Morgan fingerprint density at radius 1 is 1.12 bits per heavy atom. The summed E-state index contributed by atoms with van der Waals surface area (Å²) in [5.74, 6) is 0.554. The lowest BCUT2D eigenvalue weighted by atomic mass is 10.2. The average molecular weight is 476 g/mol. The van der Waals surface area contributed by atoms with Gasteiger partial charge in [0.25, 0.3) is 5.91 Å². The van der Waals surface area contributed by atoms with Crippen molar-refractivity contribution in [3.63, 3.8) is 0 Å². The third-order valence-electron chi connectivity index (χ3n) is 5.77. The van der Waals surface area contributed by atoms with Crippen molar-refractivity contribution in [1.29, 1.82) is 0 Å². The van der Waals surface area contributed by atoms with E-state index in [0.29, 0.717) is 37.4 Å². The Kier molecular flexibility index (Phi) is 7.52. The second-order valence-electron chi connectivity index (χ2n) is 8.13. The van der Waals surface area contributed by atoms with Crippen LogP contribution in [0.3, 0.4) is 0 Å². The van der Waals surface area contributed by atoms with E-state index in [9.17, 15) is 13.2 Å². The van der Waals surface area contributed by atoms with E-state index >= 15 is 0 Å². The predicted octanol–water partition coefficient (Wildman–Crippen LogP) is 3.15. The Labute approximate surface area is 194 Å². The molecule has 2 aliphatic rings. The van der Waals surface area contributed by atoms with Gasteiger partial charge in [-0.1, -0.05) is 18.2 Å². The van der Waals surface area contributed by atoms with E-state index in [0.717, 1.165) is 30.1 Å². The highest BCUT2D eigenvalue weighted by Gasteiger charge is 2.27. The summed E-state index contributed by atoms with van der Waals surface area (Å²) in [7, 11) is -1.61. The third kappa shape index (κ3) is 5.52. The molecule has 1 atom stereocenters. The van der Waals surface area contributed by atoms with Crippen molar-refractivity contribution in [2.24, 2.45) is 0 Å². The molecule has 0 aliphatic carbocycles. The van der Waals surface area contributed by atoms with E-state index in [1.165, 1.54) is 10.4 Å². The molecule has 0 bridgehead atoms. The van der Waals surface area contributed by atoms with E-state index in [1.807, 2.05) is 25.2 Å². The number of carbonyl (C=O) groups excluding carboxylic acids is 1. The van der Waals surface area contributed by atoms with E-state index in [-0.39, 0.29) is 16.9 Å². The van der Waals surface area contributed by atoms with Crippen LogP contribution in [0.25, 0.3) is 0 Å². The van der Waals surface area contributed by atoms with Crippen LogP contribution >= 0.6 is 11.8 Å². The van der Waals surface area contributed by atoms with Crippen molar-refractivity contribution < 1.29 is 17.9 Å². The molecule has 172 valence electrons. The van der Waals surface area contributed by atoms with E-state index in [4.69, 9.17) is 4.74 Å². The highest BCUT2D eigenvalue weighted by Crippen LogP contribution is 2.28. The zero-order chi connectivity index (χ0) is 22.6. The van der Waals surface area contributed by atoms with Gasteiger partial charge in [-0.25, -0.2) is 8.42 Å². The Hall–Kier alpha value is -1.91. The largest absolute Gasteiger partial charge is 0.377 e. The van der Waals surface area contributed by atoms with Gasteiger partial charge in [-0.15, -0.1) is 11.8 Å². The van der Waals surface area contributed by atoms with Gasteiger partial charge >= 0.3 is 0 Å². The summed E-state index contributed by atoms with van der Waals surface area (Å²) < 4.78 is 33.3. The average Bonchev–Trinajstić information content (AvgIpc) is 3.32. The lowest BCUT2D eigenvalue weighted by Crippen LogP contribution is -2.47. The molecule has 2 aromatic carbocycles. The topological polar surface area (TPSA) is 79.0 Å². The number of hydrogen-bond acceptors (Lipinski definition) is 6. The molecule has 2 saturated heterocycles. The predicted molar refractivity (Wildman–Crippen MR) is 127 cm³/mol.